The van der Waals surface area contributed by atoms with Gasteiger partial charge in [-0.3, -0.25) is 4.79 Å². The van der Waals surface area contributed by atoms with Gasteiger partial charge < -0.3 is 4.98 Å². The van der Waals surface area contributed by atoms with Gasteiger partial charge in [0, 0.05) is 18.0 Å². The Bertz CT molecular complexity index is 592. The molecule has 2 rings (SSSR count). The minimum atomic E-state index is -0.168. The predicted molar refractivity (Wildman–Crippen MR) is 51.8 cm³/mol. The Kier molecular flexibility index (Phi) is 1.79. The number of aromatic nitrogens is 2. The van der Waals surface area contributed by atoms with Crippen molar-refractivity contribution in [1.82, 2.24) is 9.97 Å². The Morgan fingerprint density at radius 1 is 1.57 bits per heavy atom. The maximum absolute atomic E-state index is 11.4. The number of aromatic amines is 1. The second-order valence-corrected chi connectivity index (χ2v) is 2.99. The zero-order chi connectivity index (χ0) is 10.1. The molecule has 0 fully saturated rings. The van der Waals surface area contributed by atoms with Crippen molar-refractivity contribution in [1.29, 1.82) is 5.26 Å². The summed E-state index contributed by atoms with van der Waals surface area (Å²) in [5, 5.41) is 8.85. The average molecular weight is 185 g/mol. The monoisotopic (exact) mass is 185 g/mol. The molecule has 4 heteroatoms. The van der Waals surface area contributed by atoms with Crippen LogP contribution in [-0.4, -0.2) is 9.97 Å². The van der Waals surface area contributed by atoms with E-state index < -0.39 is 0 Å². The van der Waals surface area contributed by atoms with Crippen LogP contribution in [0.4, 0.5) is 0 Å². The van der Waals surface area contributed by atoms with E-state index in [1.165, 1.54) is 12.3 Å². The van der Waals surface area contributed by atoms with Crippen LogP contribution in [-0.2, 0) is 0 Å². The lowest BCUT2D eigenvalue weighted by Crippen LogP contribution is -2.04. The summed E-state index contributed by atoms with van der Waals surface area (Å²) in [7, 11) is 0. The van der Waals surface area contributed by atoms with Crippen molar-refractivity contribution in [2.45, 2.75) is 6.92 Å². The highest BCUT2D eigenvalue weighted by Crippen LogP contribution is 2.11. The number of nitriles is 1. The first-order valence-electron chi connectivity index (χ1n) is 4.11. The molecule has 2 aromatic rings. The summed E-state index contributed by atoms with van der Waals surface area (Å²) < 4.78 is 0. The zero-order valence-corrected chi connectivity index (χ0v) is 7.53. The molecule has 0 saturated carbocycles. The number of nitrogens with zero attached hydrogens (tertiary/aromatic N) is 2. The van der Waals surface area contributed by atoms with Gasteiger partial charge in [0.05, 0.1) is 11.1 Å². The molecule has 0 aliphatic carbocycles. The molecular formula is C10H7N3O. The van der Waals surface area contributed by atoms with Gasteiger partial charge in [-0.15, -0.1) is 0 Å². The van der Waals surface area contributed by atoms with Gasteiger partial charge in [-0.2, -0.15) is 5.26 Å². The first-order chi connectivity index (χ1) is 6.72. The molecule has 0 unspecified atom stereocenters. The Morgan fingerprint density at radius 3 is 3.07 bits per heavy atom. The van der Waals surface area contributed by atoms with Crippen LogP contribution in [0.15, 0.2) is 23.1 Å². The highest BCUT2D eigenvalue weighted by atomic mass is 16.1. The van der Waals surface area contributed by atoms with Gasteiger partial charge >= 0.3 is 0 Å². The Hall–Kier alpha value is -2.15. The summed E-state index contributed by atoms with van der Waals surface area (Å²) in [6, 6.07) is 5.08. The number of nitrogens with one attached hydrogen (secondary N) is 1. The van der Waals surface area contributed by atoms with E-state index in [9.17, 15) is 4.79 Å². The fourth-order valence-electron chi connectivity index (χ4n) is 1.37. The Labute approximate surface area is 79.8 Å². The zero-order valence-electron chi connectivity index (χ0n) is 7.53. The largest absolute Gasteiger partial charge is 0.359 e. The molecule has 2 heterocycles. The van der Waals surface area contributed by atoms with Crippen molar-refractivity contribution in [3.63, 3.8) is 0 Å². The molecule has 14 heavy (non-hydrogen) atoms. The molecule has 0 atom stereocenters. The number of hydrogen-bond acceptors (Lipinski definition) is 3. The third kappa shape index (κ3) is 1.15. The number of fused-ring (bicyclic) bond motifs is 1. The molecule has 4 nitrogen and oxygen atoms in total. The maximum Gasteiger partial charge on any atom is 0.207 e. The van der Waals surface area contributed by atoms with Gasteiger partial charge in [-0.25, -0.2) is 4.98 Å². The normalized spacial score (nSPS) is 10.0. The van der Waals surface area contributed by atoms with Crippen LogP contribution in [0, 0.1) is 18.3 Å². The first-order valence-corrected chi connectivity index (χ1v) is 4.11. The van der Waals surface area contributed by atoms with Crippen LogP contribution in [0.5, 0.6) is 0 Å². The number of aryl methyl sites for hydroxylation is 1. The van der Waals surface area contributed by atoms with Crippen molar-refractivity contribution in [3.05, 3.63) is 39.8 Å². The second-order valence-electron chi connectivity index (χ2n) is 2.99. The van der Waals surface area contributed by atoms with Gasteiger partial charge in [0.1, 0.15) is 11.6 Å². The number of rotatable bonds is 0. The lowest BCUT2D eigenvalue weighted by Gasteiger charge is -1.99. The van der Waals surface area contributed by atoms with Crippen LogP contribution >= 0.6 is 0 Å². The van der Waals surface area contributed by atoms with E-state index in [2.05, 4.69) is 9.97 Å². The summed E-state index contributed by atoms with van der Waals surface area (Å²) in [6.45, 7) is 1.76. The minimum Gasteiger partial charge on any atom is -0.359 e. The summed E-state index contributed by atoms with van der Waals surface area (Å²) in [5.41, 5.74) is 1.78. The quantitative estimate of drug-likeness (QED) is 0.668. The standard InChI is InChI=1S/C10H7N3O/c1-6-4-7(5-11)9-10(13-6)8(14)2-3-12-9/h2-4H,1H3,(H,12,14). The van der Waals surface area contributed by atoms with Crippen LogP contribution in [0.3, 0.4) is 0 Å². The lowest BCUT2D eigenvalue weighted by atomic mass is 10.2. The van der Waals surface area contributed by atoms with E-state index in [1.807, 2.05) is 6.07 Å². The molecule has 0 radical (unpaired) electrons. The van der Waals surface area contributed by atoms with E-state index in [0.717, 1.165) is 0 Å². The van der Waals surface area contributed by atoms with Crippen molar-refractivity contribution < 1.29 is 0 Å². The van der Waals surface area contributed by atoms with Crippen molar-refractivity contribution in [2.75, 3.05) is 0 Å². The number of pyridine rings is 2. The highest BCUT2D eigenvalue weighted by Gasteiger charge is 2.05. The van der Waals surface area contributed by atoms with Gasteiger partial charge in [-0.05, 0) is 13.0 Å². The van der Waals surface area contributed by atoms with Crippen LogP contribution < -0.4 is 5.43 Å². The molecular weight excluding hydrogens is 178 g/mol. The molecule has 0 spiro atoms. The molecule has 0 saturated heterocycles. The van der Waals surface area contributed by atoms with E-state index in [1.54, 1.807) is 13.0 Å². The predicted octanol–water partition coefficient (Wildman–Crippen LogP) is 1.10. The molecule has 0 aliphatic rings. The summed E-state index contributed by atoms with van der Waals surface area (Å²) in [4.78, 5) is 18.3. The van der Waals surface area contributed by atoms with Crippen LogP contribution in [0.1, 0.15) is 11.3 Å². The average Bonchev–Trinajstić information content (AvgIpc) is 2.18. The fraction of sp³-hybridized carbons (Fsp3) is 0.100. The van der Waals surface area contributed by atoms with Crippen molar-refractivity contribution in [3.8, 4) is 6.07 Å². The summed E-state index contributed by atoms with van der Waals surface area (Å²) in [5.74, 6) is 0. The fourth-order valence-corrected chi connectivity index (χ4v) is 1.37. The van der Waals surface area contributed by atoms with E-state index in [4.69, 9.17) is 5.26 Å². The Morgan fingerprint density at radius 2 is 2.36 bits per heavy atom. The third-order valence-corrected chi connectivity index (χ3v) is 1.96. The lowest BCUT2D eigenvalue weighted by molar-refractivity contribution is 1.21. The number of H-pyrrole nitrogens is 1. The molecule has 0 amide bonds. The minimum absolute atomic E-state index is 0.168. The molecule has 1 N–H and O–H groups in total. The SMILES string of the molecule is Cc1cc(C#N)c2[nH]ccc(=O)c2n1. The molecule has 68 valence electrons. The van der Waals surface area contributed by atoms with Crippen molar-refractivity contribution in [2.24, 2.45) is 0 Å². The Balaban J connectivity index is 3.04. The van der Waals surface area contributed by atoms with Gasteiger partial charge in [0.15, 0.2) is 0 Å². The number of hydrogen-bond donors (Lipinski definition) is 1. The topological polar surface area (TPSA) is 69.5 Å². The van der Waals surface area contributed by atoms with E-state index >= 15 is 0 Å². The third-order valence-electron chi connectivity index (χ3n) is 1.96. The molecule has 0 aromatic carbocycles. The van der Waals surface area contributed by atoms with Crippen LogP contribution in [0.2, 0.25) is 0 Å². The van der Waals surface area contributed by atoms with Gasteiger partial charge in [0.25, 0.3) is 0 Å². The first kappa shape index (κ1) is 8.45. The van der Waals surface area contributed by atoms with Crippen LogP contribution in [0.25, 0.3) is 11.0 Å². The van der Waals surface area contributed by atoms with Gasteiger partial charge in [0.2, 0.25) is 5.43 Å². The van der Waals surface area contributed by atoms with E-state index in [0.29, 0.717) is 22.3 Å². The molecule has 0 aliphatic heterocycles. The molecule has 2 aromatic heterocycles. The van der Waals surface area contributed by atoms with Crippen molar-refractivity contribution >= 4 is 11.0 Å². The molecule has 0 bridgehead atoms. The smallest absolute Gasteiger partial charge is 0.207 e. The summed E-state index contributed by atoms with van der Waals surface area (Å²) >= 11 is 0. The second kappa shape index (κ2) is 2.96. The van der Waals surface area contributed by atoms with Gasteiger partial charge in [-0.1, -0.05) is 0 Å². The summed E-state index contributed by atoms with van der Waals surface area (Å²) in [6.07, 6.45) is 1.52. The maximum atomic E-state index is 11.4. The van der Waals surface area contributed by atoms with E-state index in [-0.39, 0.29) is 5.43 Å². The highest BCUT2D eigenvalue weighted by molar-refractivity contribution is 5.80.